The molecular weight excluding hydrogens is 1250 g/mol. The first-order valence-corrected chi connectivity index (χ1v) is 35.3. The molecule has 5 aromatic carbocycles. The first-order valence-electron chi connectivity index (χ1n) is 26.3. The molecule has 0 unspecified atom stereocenters. The van der Waals surface area contributed by atoms with Gasteiger partial charge >= 0.3 is 5.97 Å². The maximum atomic E-state index is 12.9. The van der Waals surface area contributed by atoms with E-state index in [1.54, 1.807) is 74.5 Å². The highest BCUT2D eigenvalue weighted by molar-refractivity contribution is 7.87. The zero-order chi connectivity index (χ0) is 63.7. The molecule has 3 aliphatic heterocycles. The first-order chi connectivity index (χ1) is 39.6. The fraction of sp³-hybridized carbons (Fsp3) is 0.345. The molecule has 31 heteroatoms. The Morgan fingerprint density at radius 1 is 0.628 bits per heavy atom. The molecule has 5 aromatic rings. The number of nitrogens with zero attached hydrogens (tertiary/aromatic N) is 3. The molecule has 6 N–H and O–H groups in total. The molecule has 0 spiro atoms. The van der Waals surface area contributed by atoms with Crippen molar-refractivity contribution in [2.24, 2.45) is 0 Å². The number of rotatable bonds is 22. The highest BCUT2D eigenvalue weighted by Crippen LogP contribution is 2.53. The highest BCUT2D eigenvalue weighted by atomic mass is 32.2. The van der Waals surface area contributed by atoms with Gasteiger partial charge < -0.3 is 9.74 Å². The number of hydroxylamine groups is 2. The average molecular weight is 1310 g/mol. The SMILES string of the molecule is CC(/C=C1\N(CCCS(=O)(=O)O)c2ccc3c(S(=O)(=O)O)cc(S(=O)(=O)O)cc3c2C1(C)C)=C(\C=C\C1=[N+](CCCS(=O)(=O)O)c2ccc3c(S(=O)(=O)O)cc(S(=O)(=O)O)cc3c2C1(C)C)c1cccc(CCCCC(=O)ON2C(=O)CCC2=O)c1. The fourth-order valence-corrected chi connectivity index (χ4v) is 15.1. The lowest BCUT2D eigenvalue weighted by Crippen LogP contribution is -2.31. The van der Waals surface area contributed by atoms with Crippen molar-refractivity contribution in [3.8, 4) is 0 Å². The normalized spacial score (nSPS) is 17.4. The molecule has 1 saturated heterocycles. The van der Waals surface area contributed by atoms with Crippen LogP contribution in [0.4, 0.5) is 11.4 Å². The van der Waals surface area contributed by atoms with Crippen LogP contribution in [-0.2, 0) is 97.2 Å². The summed E-state index contributed by atoms with van der Waals surface area (Å²) in [4.78, 5) is 40.0. The van der Waals surface area contributed by atoms with Crippen molar-refractivity contribution in [1.29, 1.82) is 0 Å². The molecule has 0 bridgehead atoms. The van der Waals surface area contributed by atoms with Crippen LogP contribution in [0.2, 0.25) is 0 Å². The van der Waals surface area contributed by atoms with E-state index < -0.39 is 120 Å². The van der Waals surface area contributed by atoms with Gasteiger partial charge in [-0.15, -0.1) is 5.06 Å². The van der Waals surface area contributed by atoms with Crippen molar-refractivity contribution in [3.63, 3.8) is 0 Å². The molecule has 0 atom stereocenters. The molecule has 8 rings (SSSR count). The number of fused-ring (bicyclic) bond motifs is 6. The van der Waals surface area contributed by atoms with Crippen molar-refractivity contribution in [1.82, 2.24) is 5.06 Å². The van der Waals surface area contributed by atoms with Gasteiger partial charge in [-0.1, -0.05) is 44.2 Å². The summed E-state index contributed by atoms with van der Waals surface area (Å²) < 4.78 is 213. The molecule has 0 aliphatic carbocycles. The summed E-state index contributed by atoms with van der Waals surface area (Å²) in [7, 11) is -29.6. The maximum absolute atomic E-state index is 12.9. The number of hydrogen-bond acceptors (Lipinski definition) is 17. The Morgan fingerprint density at radius 3 is 1.72 bits per heavy atom. The monoisotopic (exact) mass is 1310 g/mol. The van der Waals surface area contributed by atoms with Crippen LogP contribution in [0.3, 0.4) is 0 Å². The molecule has 462 valence electrons. The van der Waals surface area contributed by atoms with E-state index in [4.69, 9.17) is 4.84 Å². The summed E-state index contributed by atoms with van der Waals surface area (Å²) in [5.74, 6) is -3.48. The second-order valence-electron chi connectivity index (χ2n) is 22.0. The number of carbonyl (C=O) groups is 3. The van der Waals surface area contributed by atoms with Gasteiger partial charge in [-0.3, -0.25) is 36.9 Å². The number of imide groups is 1. The molecule has 2 amide bonds. The number of carbonyl (C=O) groups excluding carboxylic acids is 3. The Morgan fingerprint density at radius 2 is 1.17 bits per heavy atom. The number of allylic oxidation sites excluding steroid dienone is 6. The number of unbranched alkanes of at least 4 members (excludes halogenated alkanes) is 1. The van der Waals surface area contributed by atoms with Gasteiger partial charge in [-0.25, -0.2) is 4.79 Å². The molecular formula is C55H60N3O22S6+. The van der Waals surface area contributed by atoms with E-state index in [-0.39, 0.29) is 84.3 Å². The highest BCUT2D eigenvalue weighted by Gasteiger charge is 2.47. The van der Waals surface area contributed by atoms with Crippen LogP contribution >= 0.6 is 0 Å². The Kier molecular flexibility index (Phi) is 17.8. The van der Waals surface area contributed by atoms with E-state index in [1.807, 2.05) is 12.1 Å². The number of amides is 2. The predicted molar refractivity (Wildman–Crippen MR) is 313 cm³/mol. The summed E-state index contributed by atoms with van der Waals surface area (Å²) in [5.41, 5.74) is 1.56. The third-order valence-electron chi connectivity index (χ3n) is 15.2. The summed E-state index contributed by atoms with van der Waals surface area (Å²) >= 11 is 0. The summed E-state index contributed by atoms with van der Waals surface area (Å²) in [6, 6.07) is 16.0. The molecule has 3 aliphatic rings. The van der Waals surface area contributed by atoms with Crippen LogP contribution in [-0.4, -0.2) is 136 Å². The topological polar surface area (TPSA) is 396 Å². The Balaban J connectivity index is 1.34. The molecule has 0 aromatic heterocycles. The van der Waals surface area contributed by atoms with Crippen LogP contribution < -0.4 is 4.90 Å². The zero-order valence-electron chi connectivity index (χ0n) is 46.7. The summed E-state index contributed by atoms with van der Waals surface area (Å²) in [5, 5.41) is 0.113. The van der Waals surface area contributed by atoms with E-state index >= 15 is 0 Å². The fourth-order valence-electron chi connectivity index (χ4n) is 11.5. The van der Waals surface area contributed by atoms with E-state index in [0.29, 0.717) is 69.5 Å². The lowest BCUT2D eigenvalue weighted by atomic mass is 9.78. The number of anilines is 1. The molecule has 25 nitrogen and oxygen atoms in total. The van der Waals surface area contributed by atoms with Crippen LogP contribution in [0.25, 0.3) is 27.1 Å². The summed E-state index contributed by atoms with van der Waals surface area (Å²) in [6.45, 7) is 8.27. The van der Waals surface area contributed by atoms with Crippen molar-refractivity contribution >= 4 is 123 Å². The Hall–Kier alpha value is -6.62. The van der Waals surface area contributed by atoms with E-state index in [2.05, 4.69) is 0 Å². The predicted octanol–water partition coefficient (Wildman–Crippen LogP) is 6.94. The minimum Gasteiger partial charge on any atom is -0.344 e. The molecule has 0 saturated carbocycles. The second-order valence-corrected chi connectivity index (χ2v) is 30.7. The largest absolute Gasteiger partial charge is 0.344 e. The van der Waals surface area contributed by atoms with E-state index in [1.165, 1.54) is 24.3 Å². The van der Waals surface area contributed by atoms with E-state index in [0.717, 1.165) is 17.7 Å². The third-order valence-corrected chi connectivity index (χ3v) is 20.3. The van der Waals surface area contributed by atoms with Gasteiger partial charge in [-0.05, 0) is 134 Å². The first kappa shape index (κ1) is 65.4. The average Bonchev–Trinajstić information content (AvgIpc) is 1.55. The Labute approximate surface area is 496 Å². The van der Waals surface area contributed by atoms with E-state index in [9.17, 15) is 92.2 Å². The van der Waals surface area contributed by atoms with Gasteiger partial charge in [0.1, 0.15) is 16.3 Å². The maximum Gasteiger partial charge on any atom is 0.333 e. The van der Waals surface area contributed by atoms with Gasteiger partial charge in [0, 0.05) is 77.5 Å². The van der Waals surface area contributed by atoms with Crippen molar-refractivity contribution in [2.75, 3.05) is 29.5 Å². The Bertz CT molecular complexity index is 4570. The number of aryl methyl sites for hydroxylation is 1. The van der Waals surface area contributed by atoms with Crippen LogP contribution in [0.5, 0.6) is 0 Å². The molecule has 86 heavy (non-hydrogen) atoms. The van der Waals surface area contributed by atoms with Crippen molar-refractivity contribution in [3.05, 3.63) is 125 Å². The lowest BCUT2D eigenvalue weighted by Gasteiger charge is -2.28. The van der Waals surface area contributed by atoms with Gasteiger partial charge in [-0.2, -0.15) is 55.1 Å². The molecule has 3 heterocycles. The standard InChI is InChI=1S/C55H59N3O22S6/c1-33(27-48-55(4,5)53-42-30-37(84(71,72)73)32-46(86(77,78)79)40(42)16-19-44(53)57(48)24-10-26-82(65,66)67)38(35-13-8-12-34(28-35)11-6-7-14-51(61)80-58-49(59)21-22-50(58)60)17-20-47-54(2,3)52-41-29-36(83(68,69)70)31-45(85(74,75)76)39(41)15-18-43(52)56(47)23-9-25-81(62,63)64/h8,12-13,15-20,27-32H,6-7,9-11,14,21-26H2,1-5H3,(H5-,62,63,64,65,66,67,68,69,70,71,72,73,74,75,76,77,78,79)/p+1. The quantitative estimate of drug-likeness (QED) is 0.0134. The number of benzene rings is 5. The smallest absolute Gasteiger partial charge is 0.333 e. The van der Waals surface area contributed by atoms with Gasteiger partial charge in [0.25, 0.3) is 72.5 Å². The van der Waals surface area contributed by atoms with Gasteiger partial charge in [0.15, 0.2) is 5.71 Å². The minimum atomic E-state index is -5.16. The molecule has 1 fully saturated rings. The summed E-state index contributed by atoms with van der Waals surface area (Å²) in [6.07, 6.45) is 5.46. The van der Waals surface area contributed by atoms with Crippen LogP contribution in [0, 0.1) is 0 Å². The van der Waals surface area contributed by atoms with Gasteiger partial charge in [0.05, 0.1) is 26.7 Å². The van der Waals surface area contributed by atoms with Crippen molar-refractivity contribution < 1.29 is 102 Å². The lowest BCUT2D eigenvalue weighted by molar-refractivity contribution is -0.437. The van der Waals surface area contributed by atoms with Gasteiger partial charge in [0.2, 0.25) is 5.69 Å². The third kappa shape index (κ3) is 13.9. The van der Waals surface area contributed by atoms with Crippen molar-refractivity contribution in [2.45, 2.75) is 116 Å². The van der Waals surface area contributed by atoms with Crippen LogP contribution in [0.1, 0.15) is 102 Å². The minimum absolute atomic E-state index is 0.0346. The zero-order valence-corrected chi connectivity index (χ0v) is 51.6. The molecule has 0 radical (unpaired) electrons. The van der Waals surface area contributed by atoms with Crippen LogP contribution in [0.15, 0.2) is 122 Å². The second kappa shape index (κ2) is 23.5. The number of hydrogen-bond donors (Lipinski definition) is 6.